The van der Waals surface area contributed by atoms with Crippen molar-refractivity contribution in [2.75, 3.05) is 18.4 Å². The Morgan fingerprint density at radius 1 is 1.68 bits per heavy atom. The molecule has 5 heteroatoms. The number of hydrogen-bond acceptors (Lipinski definition) is 3. The lowest BCUT2D eigenvalue weighted by Gasteiger charge is -2.27. The summed E-state index contributed by atoms with van der Waals surface area (Å²) in [4.78, 5) is 12.1. The number of aromatic nitrogens is 2. The number of amides is 1. The maximum atomic E-state index is 12.1. The third-order valence-corrected chi connectivity index (χ3v) is 3.93. The summed E-state index contributed by atoms with van der Waals surface area (Å²) >= 11 is 0. The molecule has 1 aromatic rings. The molecule has 0 bridgehead atoms. The van der Waals surface area contributed by atoms with Crippen LogP contribution in [0.5, 0.6) is 0 Å². The third-order valence-electron chi connectivity index (χ3n) is 3.93. The Bertz CT molecular complexity index is 435. The van der Waals surface area contributed by atoms with E-state index in [4.69, 9.17) is 0 Å². The molecule has 1 saturated heterocycles. The molecule has 0 spiro atoms. The van der Waals surface area contributed by atoms with Gasteiger partial charge in [-0.05, 0) is 44.7 Å². The van der Waals surface area contributed by atoms with Crippen LogP contribution in [0.3, 0.4) is 0 Å². The zero-order valence-corrected chi connectivity index (χ0v) is 12.1. The minimum Gasteiger partial charge on any atom is -0.323 e. The molecule has 1 amide bonds. The molecule has 2 heterocycles. The summed E-state index contributed by atoms with van der Waals surface area (Å²) in [5.74, 6) is 1.13. The molecule has 1 aromatic heterocycles. The van der Waals surface area contributed by atoms with Crippen molar-refractivity contribution in [2.24, 2.45) is 18.9 Å². The molecular weight excluding hydrogens is 240 g/mol. The highest BCUT2D eigenvalue weighted by molar-refractivity contribution is 5.91. The van der Waals surface area contributed by atoms with E-state index in [-0.39, 0.29) is 5.91 Å². The Balaban J connectivity index is 1.85. The van der Waals surface area contributed by atoms with Crippen molar-refractivity contribution in [2.45, 2.75) is 33.1 Å². The monoisotopic (exact) mass is 264 g/mol. The normalized spacial score (nSPS) is 21.1. The van der Waals surface area contributed by atoms with Gasteiger partial charge in [0.2, 0.25) is 5.91 Å². The van der Waals surface area contributed by atoms with Crippen LogP contribution < -0.4 is 10.6 Å². The molecule has 0 saturated carbocycles. The number of piperidine rings is 1. The van der Waals surface area contributed by atoms with Crippen molar-refractivity contribution in [3.05, 3.63) is 11.9 Å². The number of carbonyl (C=O) groups excluding carboxylic acids is 1. The molecule has 1 fully saturated rings. The first-order valence-electron chi connectivity index (χ1n) is 7.07. The smallest absolute Gasteiger partial charge is 0.224 e. The first-order chi connectivity index (χ1) is 9.06. The molecular formula is C14H24N4O. The molecule has 1 aliphatic heterocycles. The summed E-state index contributed by atoms with van der Waals surface area (Å²) in [5, 5.41) is 10.6. The fourth-order valence-electron chi connectivity index (χ4n) is 2.75. The number of rotatable bonds is 4. The predicted octanol–water partition coefficient (Wildman–Crippen LogP) is 1.69. The van der Waals surface area contributed by atoms with Crippen molar-refractivity contribution in [1.29, 1.82) is 0 Å². The van der Waals surface area contributed by atoms with Crippen LogP contribution in [-0.2, 0) is 11.8 Å². The molecule has 106 valence electrons. The SMILES string of the molecule is Cc1nn(C)cc1NC(=O)CC(C)C1CCCNC1. The lowest BCUT2D eigenvalue weighted by Crippen LogP contribution is -2.34. The Kier molecular flexibility index (Phi) is 4.58. The summed E-state index contributed by atoms with van der Waals surface area (Å²) < 4.78 is 1.72. The molecule has 2 rings (SSSR count). The van der Waals surface area contributed by atoms with E-state index in [0.29, 0.717) is 18.3 Å². The Labute approximate surface area is 114 Å². The number of aryl methyl sites for hydroxylation is 2. The first kappa shape index (κ1) is 14.1. The summed E-state index contributed by atoms with van der Waals surface area (Å²) in [6.45, 7) is 6.24. The Morgan fingerprint density at radius 3 is 3.05 bits per heavy atom. The van der Waals surface area contributed by atoms with Crippen molar-refractivity contribution in [3.8, 4) is 0 Å². The van der Waals surface area contributed by atoms with Crippen LogP contribution in [-0.4, -0.2) is 28.8 Å². The van der Waals surface area contributed by atoms with E-state index in [1.165, 1.54) is 12.8 Å². The van der Waals surface area contributed by atoms with Gasteiger partial charge in [0.1, 0.15) is 0 Å². The highest BCUT2D eigenvalue weighted by Gasteiger charge is 2.22. The average molecular weight is 264 g/mol. The van der Waals surface area contributed by atoms with E-state index in [0.717, 1.165) is 24.5 Å². The van der Waals surface area contributed by atoms with Gasteiger partial charge in [-0.3, -0.25) is 9.48 Å². The molecule has 19 heavy (non-hydrogen) atoms. The maximum Gasteiger partial charge on any atom is 0.224 e. The molecule has 0 aromatic carbocycles. The minimum absolute atomic E-state index is 0.0918. The Hall–Kier alpha value is -1.36. The number of carbonyl (C=O) groups is 1. The summed E-state index contributed by atoms with van der Waals surface area (Å²) in [6.07, 6.45) is 4.88. The van der Waals surface area contributed by atoms with Crippen LogP contribution >= 0.6 is 0 Å². The molecule has 2 N–H and O–H groups in total. The second-order valence-corrected chi connectivity index (χ2v) is 5.64. The summed E-state index contributed by atoms with van der Waals surface area (Å²) in [7, 11) is 1.86. The van der Waals surface area contributed by atoms with E-state index in [1.807, 2.05) is 20.2 Å². The number of hydrogen-bond donors (Lipinski definition) is 2. The fraction of sp³-hybridized carbons (Fsp3) is 0.714. The van der Waals surface area contributed by atoms with Crippen LogP contribution in [0.2, 0.25) is 0 Å². The van der Waals surface area contributed by atoms with E-state index >= 15 is 0 Å². The number of nitrogens with zero attached hydrogens (tertiary/aromatic N) is 2. The van der Waals surface area contributed by atoms with Gasteiger partial charge in [0, 0.05) is 19.7 Å². The van der Waals surface area contributed by atoms with Crippen LogP contribution in [0.4, 0.5) is 5.69 Å². The van der Waals surface area contributed by atoms with Gasteiger partial charge < -0.3 is 10.6 Å². The third kappa shape index (κ3) is 3.80. The first-order valence-corrected chi connectivity index (χ1v) is 7.07. The molecule has 2 atom stereocenters. The topological polar surface area (TPSA) is 59.0 Å². The predicted molar refractivity (Wildman–Crippen MR) is 75.9 cm³/mol. The van der Waals surface area contributed by atoms with Gasteiger partial charge in [0.05, 0.1) is 11.4 Å². The lowest BCUT2D eigenvalue weighted by molar-refractivity contribution is -0.117. The van der Waals surface area contributed by atoms with Gasteiger partial charge in [-0.1, -0.05) is 6.92 Å². The molecule has 2 unspecified atom stereocenters. The van der Waals surface area contributed by atoms with Gasteiger partial charge in [0.25, 0.3) is 0 Å². The summed E-state index contributed by atoms with van der Waals surface area (Å²) in [6, 6.07) is 0. The zero-order valence-electron chi connectivity index (χ0n) is 12.1. The van der Waals surface area contributed by atoms with Crippen LogP contribution in [0, 0.1) is 18.8 Å². The standard InChI is InChI=1S/C14H24N4O/c1-10(12-5-4-6-15-8-12)7-14(19)16-13-9-18(3)17-11(13)2/h9-10,12,15H,4-8H2,1-3H3,(H,16,19). The molecule has 1 aliphatic rings. The highest BCUT2D eigenvalue weighted by Crippen LogP contribution is 2.23. The number of anilines is 1. The van der Waals surface area contributed by atoms with E-state index < -0.39 is 0 Å². The van der Waals surface area contributed by atoms with E-state index in [2.05, 4.69) is 22.7 Å². The molecule has 5 nitrogen and oxygen atoms in total. The Morgan fingerprint density at radius 2 is 2.47 bits per heavy atom. The van der Waals surface area contributed by atoms with Crippen molar-refractivity contribution >= 4 is 11.6 Å². The molecule has 0 aliphatic carbocycles. The van der Waals surface area contributed by atoms with E-state index in [1.54, 1.807) is 4.68 Å². The van der Waals surface area contributed by atoms with Crippen molar-refractivity contribution < 1.29 is 4.79 Å². The fourth-order valence-corrected chi connectivity index (χ4v) is 2.75. The van der Waals surface area contributed by atoms with E-state index in [9.17, 15) is 4.79 Å². The average Bonchev–Trinajstić information content (AvgIpc) is 2.68. The largest absolute Gasteiger partial charge is 0.323 e. The van der Waals surface area contributed by atoms with Crippen molar-refractivity contribution in [3.63, 3.8) is 0 Å². The maximum absolute atomic E-state index is 12.1. The van der Waals surface area contributed by atoms with Crippen LogP contribution in [0.15, 0.2) is 6.20 Å². The molecule has 0 radical (unpaired) electrons. The van der Waals surface area contributed by atoms with Crippen LogP contribution in [0.1, 0.15) is 31.9 Å². The minimum atomic E-state index is 0.0918. The van der Waals surface area contributed by atoms with Crippen LogP contribution in [0.25, 0.3) is 0 Å². The zero-order chi connectivity index (χ0) is 13.8. The summed E-state index contributed by atoms with van der Waals surface area (Å²) in [5.41, 5.74) is 1.68. The highest BCUT2D eigenvalue weighted by atomic mass is 16.1. The van der Waals surface area contributed by atoms with Crippen molar-refractivity contribution in [1.82, 2.24) is 15.1 Å². The second-order valence-electron chi connectivity index (χ2n) is 5.64. The van der Waals surface area contributed by atoms with Gasteiger partial charge in [-0.25, -0.2) is 0 Å². The van der Waals surface area contributed by atoms with Gasteiger partial charge in [-0.15, -0.1) is 0 Å². The quantitative estimate of drug-likeness (QED) is 0.870. The lowest BCUT2D eigenvalue weighted by atomic mass is 9.85. The second kappa shape index (κ2) is 6.19. The van der Waals surface area contributed by atoms with Gasteiger partial charge in [0.15, 0.2) is 0 Å². The number of nitrogens with one attached hydrogen (secondary N) is 2. The van der Waals surface area contributed by atoms with Gasteiger partial charge in [-0.2, -0.15) is 5.10 Å². The van der Waals surface area contributed by atoms with Gasteiger partial charge >= 0.3 is 0 Å².